The number of rotatable bonds is 3. The van der Waals surface area contributed by atoms with Crippen LogP contribution in [0, 0.1) is 0 Å². The van der Waals surface area contributed by atoms with E-state index in [1.807, 2.05) is 30.5 Å². The number of carbonyl (C=O) groups excluding carboxylic acids is 1. The molecule has 0 radical (unpaired) electrons. The highest BCUT2D eigenvalue weighted by atomic mass is 32.2. The molecule has 4 aromatic rings. The molecular weight excluding hydrogens is 374 g/mol. The molecule has 1 aliphatic rings. The van der Waals surface area contributed by atoms with Gasteiger partial charge in [0.1, 0.15) is 5.58 Å². The number of imidazole rings is 1. The second kappa shape index (κ2) is 6.69. The summed E-state index contributed by atoms with van der Waals surface area (Å²) in [6, 6.07) is 15.6. The quantitative estimate of drug-likeness (QED) is 0.573. The minimum Gasteiger partial charge on any atom is -0.451 e. The van der Waals surface area contributed by atoms with E-state index in [9.17, 15) is 9.59 Å². The SMILES string of the molecule is O=C(Nc1ccccc1-c1cn2c(n1)SCC2)c1cc(=O)c2ccccc2o1. The van der Waals surface area contributed by atoms with Crippen LogP contribution in [0.2, 0.25) is 0 Å². The topological polar surface area (TPSA) is 77.1 Å². The minimum atomic E-state index is -0.476. The van der Waals surface area contributed by atoms with Crippen LogP contribution in [-0.4, -0.2) is 21.2 Å². The highest BCUT2D eigenvalue weighted by Crippen LogP contribution is 2.32. The largest absolute Gasteiger partial charge is 0.451 e. The number of hydrogen-bond acceptors (Lipinski definition) is 5. The third kappa shape index (κ3) is 2.90. The first-order chi connectivity index (χ1) is 13.7. The fraction of sp³-hybridized carbons (Fsp3) is 0.0952. The van der Waals surface area contributed by atoms with Crippen LogP contribution < -0.4 is 10.7 Å². The number of nitrogens with zero attached hydrogens (tertiary/aromatic N) is 2. The van der Waals surface area contributed by atoms with Gasteiger partial charge in [-0.2, -0.15) is 0 Å². The minimum absolute atomic E-state index is 0.0265. The summed E-state index contributed by atoms with van der Waals surface area (Å²) in [7, 11) is 0. The summed E-state index contributed by atoms with van der Waals surface area (Å²) in [6.07, 6.45) is 2.00. The van der Waals surface area contributed by atoms with E-state index in [0.717, 1.165) is 28.7 Å². The van der Waals surface area contributed by atoms with E-state index in [2.05, 4.69) is 14.9 Å². The molecule has 28 heavy (non-hydrogen) atoms. The summed E-state index contributed by atoms with van der Waals surface area (Å²) in [5.74, 6) is 0.528. The molecule has 1 N–H and O–H groups in total. The Balaban J connectivity index is 1.50. The Morgan fingerprint density at radius 2 is 1.96 bits per heavy atom. The van der Waals surface area contributed by atoms with Crippen LogP contribution in [-0.2, 0) is 6.54 Å². The number of aryl methyl sites for hydroxylation is 1. The average molecular weight is 389 g/mol. The van der Waals surface area contributed by atoms with Gasteiger partial charge in [0, 0.05) is 30.1 Å². The van der Waals surface area contributed by atoms with Gasteiger partial charge in [0.25, 0.3) is 5.91 Å². The molecule has 1 aliphatic heterocycles. The summed E-state index contributed by atoms with van der Waals surface area (Å²) < 4.78 is 7.75. The van der Waals surface area contributed by atoms with Crippen molar-refractivity contribution in [2.24, 2.45) is 0 Å². The number of hydrogen-bond donors (Lipinski definition) is 1. The van der Waals surface area contributed by atoms with Gasteiger partial charge in [0.05, 0.1) is 16.8 Å². The lowest BCUT2D eigenvalue weighted by atomic mass is 10.1. The van der Waals surface area contributed by atoms with Crippen molar-refractivity contribution >= 4 is 34.3 Å². The lowest BCUT2D eigenvalue weighted by Gasteiger charge is -2.09. The van der Waals surface area contributed by atoms with Gasteiger partial charge >= 0.3 is 0 Å². The normalized spacial score (nSPS) is 12.9. The predicted octanol–water partition coefficient (Wildman–Crippen LogP) is 4.01. The Hall–Kier alpha value is -3.32. The molecule has 0 bridgehead atoms. The summed E-state index contributed by atoms with van der Waals surface area (Å²) in [4.78, 5) is 29.7. The third-order valence-corrected chi connectivity index (χ3v) is 5.58. The molecule has 138 valence electrons. The molecule has 5 rings (SSSR count). The number of para-hydroxylation sites is 2. The number of amides is 1. The van der Waals surface area contributed by atoms with Crippen LogP contribution in [0.3, 0.4) is 0 Å². The Bertz CT molecular complexity index is 1250. The number of carbonyl (C=O) groups is 1. The summed E-state index contributed by atoms with van der Waals surface area (Å²) >= 11 is 1.72. The molecule has 3 heterocycles. The number of anilines is 1. The first-order valence-corrected chi connectivity index (χ1v) is 9.81. The average Bonchev–Trinajstić information content (AvgIpc) is 3.30. The number of fused-ring (bicyclic) bond motifs is 2. The summed E-state index contributed by atoms with van der Waals surface area (Å²) in [5.41, 5.74) is 2.38. The van der Waals surface area contributed by atoms with Crippen molar-refractivity contribution in [2.75, 3.05) is 11.1 Å². The van der Waals surface area contributed by atoms with Gasteiger partial charge in [-0.3, -0.25) is 9.59 Å². The summed E-state index contributed by atoms with van der Waals surface area (Å²) in [5, 5.41) is 4.29. The number of nitrogens with one attached hydrogen (secondary N) is 1. The Kier molecular flexibility index (Phi) is 4.02. The van der Waals surface area contributed by atoms with Crippen molar-refractivity contribution in [3.63, 3.8) is 0 Å². The van der Waals surface area contributed by atoms with Crippen LogP contribution in [0.5, 0.6) is 0 Å². The number of benzene rings is 2. The molecule has 0 fully saturated rings. The molecule has 0 saturated carbocycles. The van der Waals surface area contributed by atoms with Crippen LogP contribution in [0.25, 0.3) is 22.2 Å². The molecule has 0 saturated heterocycles. The molecule has 0 unspecified atom stereocenters. The van der Waals surface area contributed by atoms with E-state index in [4.69, 9.17) is 4.42 Å². The van der Waals surface area contributed by atoms with Crippen molar-refractivity contribution < 1.29 is 9.21 Å². The molecule has 2 aromatic carbocycles. The van der Waals surface area contributed by atoms with Gasteiger partial charge in [-0.15, -0.1) is 0 Å². The van der Waals surface area contributed by atoms with Crippen molar-refractivity contribution in [1.29, 1.82) is 0 Å². The van der Waals surface area contributed by atoms with Crippen LogP contribution in [0.1, 0.15) is 10.6 Å². The van der Waals surface area contributed by atoms with Crippen molar-refractivity contribution in [3.05, 3.63) is 76.8 Å². The van der Waals surface area contributed by atoms with Crippen molar-refractivity contribution in [1.82, 2.24) is 9.55 Å². The fourth-order valence-corrected chi connectivity index (χ4v) is 4.20. The van der Waals surface area contributed by atoms with Crippen molar-refractivity contribution in [3.8, 4) is 11.3 Å². The lowest BCUT2D eigenvalue weighted by molar-refractivity contribution is 0.0997. The molecule has 0 aliphatic carbocycles. The van der Waals surface area contributed by atoms with Crippen LogP contribution in [0.4, 0.5) is 5.69 Å². The van der Waals surface area contributed by atoms with Gasteiger partial charge in [-0.25, -0.2) is 4.98 Å². The van der Waals surface area contributed by atoms with E-state index in [0.29, 0.717) is 16.7 Å². The molecule has 0 spiro atoms. The molecule has 6 nitrogen and oxygen atoms in total. The summed E-state index contributed by atoms with van der Waals surface area (Å²) in [6.45, 7) is 0.934. The number of aromatic nitrogens is 2. The predicted molar refractivity (Wildman–Crippen MR) is 109 cm³/mol. The van der Waals surface area contributed by atoms with E-state index in [1.54, 1.807) is 36.0 Å². The maximum Gasteiger partial charge on any atom is 0.291 e. The fourth-order valence-electron chi connectivity index (χ4n) is 3.25. The van der Waals surface area contributed by atoms with Gasteiger partial charge in [-0.1, -0.05) is 42.1 Å². The first-order valence-electron chi connectivity index (χ1n) is 8.83. The van der Waals surface area contributed by atoms with Crippen LogP contribution in [0.15, 0.2) is 75.2 Å². The Labute approximate surface area is 164 Å². The monoisotopic (exact) mass is 389 g/mol. The van der Waals surface area contributed by atoms with Gasteiger partial charge in [0.15, 0.2) is 16.3 Å². The third-order valence-electron chi connectivity index (χ3n) is 4.61. The van der Waals surface area contributed by atoms with Crippen LogP contribution >= 0.6 is 11.8 Å². The second-order valence-electron chi connectivity index (χ2n) is 6.42. The maximum absolute atomic E-state index is 12.8. The second-order valence-corrected chi connectivity index (χ2v) is 7.48. The molecule has 7 heteroatoms. The van der Waals surface area contributed by atoms with Gasteiger partial charge in [0.2, 0.25) is 0 Å². The Morgan fingerprint density at radius 1 is 1.14 bits per heavy atom. The molecule has 2 aromatic heterocycles. The van der Waals surface area contributed by atoms with E-state index < -0.39 is 5.91 Å². The highest BCUT2D eigenvalue weighted by molar-refractivity contribution is 7.99. The lowest BCUT2D eigenvalue weighted by Crippen LogP contribution is -2.15. The van der Waals surface area contributed by atoms with Gasteiger partial charge in [-0.05, 0) is 18.2 Å². The standard InChI is InChI=1S/C21H15N3O3S/c25-17-11-19(27-18-8-4-2-6-14(17)18)20(26)22-15-7-3-1-5-13(15)16-12-24-9-10-28-21(24)23-16/h1-8,11-12H,9-10H2,(H,22,26). The van der Waals surface area contributed by atoms with E-state index >= 15 is 0 Å². The molecule has 0 atom stereocenters. The van der Waals surface area contributed by atoms with Gasteiger partial charge < -0.3 is 14.3 Å². The molecule has 1 amide bonds. The zero-order valence-corrected chi connectivity index (χ0v) is 15.5. The first kappa shape index (κ1) is 16.8. The number of thioether (sulfide) groups is 1. The smallest absolute Gasteiger partial charge is 0.291 e. The van der Waals surface area contributed by atoms with E-state index in [-0.39, 0.29) is 11.2 Å². The highest BCUT2D eigenvalue weighted by Gasteiger charge is 2.19. The Morgan fingerprint density at radius 3 is 2.86 bits per heavy atom. The zero-order valence-electron chi connectivity index (χ0n) is 14.7. The molecular formula is C21H15N3O3S. The van der Waals surface area contributed by atoms with E-state index in [1.165, 1.54) is 6.07 Å². The maximum atomic E-state index is 12.8. The van der Waals surface area contributed by atoms with Crippen molar-refractivity contribution in [2.45, 2.75) is 11.7 Å². The zero-order chi connectivity index (χ0) is 19.1.